The molecule has 0 saturated carbocycles. The van der Waals surface area contributed by atoms with Crippen molar-refractivity contribution in [1.29, 1.82) is 0 Å². The Kier molecular flexibility index (Phi) is 6.16. The lowest BCUT2D eigenvalue weighted by Crippen LogP contribution is -2.39. The van der Waals surface area contributed by atoms with Crippen LogP contribution in [0.15, 0.2) is 30.3 Å². The van der Waals surface area contributed by atoms with Gasteiger partial charge in [0.1, 0.15) is 0 Å². The van der Waals surface area contributed by atoms with Gasteiger partial charge in [-0.25, -0.2) is 0 Å². The lowest BCUT2D eigenvalue weighted by atomic mass is 9.86. The molecule has 1 aromatic carbocycles. The second kappa shape index (κ2) is 7.39. The van der Waals surface area contributed by atoms with E-state index in [2.05, 4.69) is 17.4 Å². The van der Waals surface area contributed by atoms with E-state index in [0.717, 1.165) is 19.4 Å². The molecule has 1 N–H and O–H groups in total. The lowest BCUT2D eigenvalue weighted by Gasteiger charge is -2.31. The highest BCUT2D eigenvalue weighted by Gasteiger charge is 2.32. The Morgan fingerprint density at radius 1 is 1.39 bits per heavy atom. The summed E-state index contributed by atoms with van der Waals surface area (Å²) < 4.78 is 5.15. The highest BCUT2D eigenvalue weighted by molar-refractivity contribution is 5.85. The molecule has 1 fully saturated rings. The number of ether oxygens (including phenoxy) is 1. The van der Waals surface area contributed by atoms with Crippen LogP contribution in [0.5, 0.6) is 0 Å². The summed E-state index contributed by atoms with van der Waals surface area (Å²) in [6.07, 6.45) is 1.94. The largest absolute Gasteiger partial charge is 0.466 e. The predicted octanol–water partition coefficient (Wildman–Crippen LogP) is 2.71. The van der Waals surface area contributed by atoms with Crippen LogP contribution in [0, 0.1) is 5.92 Å². The molecule has 0 radical (unpaired) electrons. The average molecular weight is 270 g/mol. The highest BCUT2D eigenvalue weighted by Crippen LogP contribution is 2.30. The number of carbonyl (C=O) groups excluding carboxylic acids is 1. The van der Waals surface area contributed by atoms with Crippen LogP contribution in [0.4, 0.5) is 0 Å². The first-order valence-electron chi connectivity index (χ1n) is 6.28. The maximum absolute atomic E-state index is 11.9. The zero-order chi connectivity index (χ0) is 12.1. The number of hydrogen-bond acceptors (Lipinski definition) is 3. The van der Waals surface area contributed by atoms with Gasteiger partial charge in [-0.2, -0.15) is 0 Å². The van der Waals surface area contributed by atoms with Crippen molar-refractivity contribution in [3.8, 4) is 0 Å². The first kappa shape index (κ1) is 15.0. The van der Waals surface area contributed by atoms with Crippen LogP contribution in [0.25, 0.3) is 0 Å². The quantitative estimate of drug-likeness (QED) is 0.858. The van der Waals surface area contributed by atoms with Gasteiger partial charge in [-0.3, -0.25) is 4.79 Å². The van der Waals surface area contributed by atoms with Gasteiger partial charge in [-0.05, 0) is 31.9 Å². The molecule has 2 unspecified atom stereocenters. The van der Waals surface area contributed by atoms with Crippen molar-refractivity contribution in [2.45, 2.75) is 25.8 Å². The van der Waals surface area contributed by atoms with Gasteiger partial charge in [-0.1, -0.05) is 30.3 Å². The van der Waals surface area contributed by atoms with Gasteiger partial charge in [0.15, 0.2) is 0 Å². The lowest BCUT2D eigenvalue weighted by molar-refractivity contribution is -0.150. The molecule has 0 bridgehead atoms. The number of rotatable bonds is 3. The molecule has 1 aromatic rings. The molecule has 0 amide bonds. The second-order valence-electron chi connectivity index (χ2n) is 4.34. The minimum Gasteiger partial charge on any atom is -0.466 e. The van der Waals surface area contributed by atoms with Gasteiger partial charge in [0.05, 0.1) is 12.5 Å². The van der Waals surface area contributed by atoms with Crippen molar-refractivity contribution in [2.24, 2.45) is 5.92 Å². The van der Waals surface area contributed by atoms with Crippen LogP contribution in [0.1, 0.15) is 31.4 Å². The number of nitrogens with one attached hydrogen (secondary N) is 1. The number of piperidine rings is 1. The van der Waals surface area contributed by atoms with E-state index in [1.54, 1.807) is 0 Å². The molecule has 0 spiro atoms. The van der Waals surface area contributed by atoms with Crippen molar-refractivity contribution in [3.63, 3.8) is 0 Å². The summed E-state index contributed by atoms with van der Waals surface area (Å²) >= 11 is 0. The van der Waals surface area contributed by atoms with Crippen molar-refractivity contribution in [3.05, 3.63) is 35.9 Å². The third-order valence-corrected chi connectivity index (χ3v) is 3.21. The molecule has 3 nitrogen and oxygen atoms in total. The Labute approximate surface area is 114 Å². The summed E-state index contributed by atoms with van der Waals surface area (Å²) in [4.78, 5) is 11.9. The Morgan fingerprint density at radius 2 is 2.11 bits per heavy atom. The van der Waals surface area contributed by atoms with Gasteiger partial charge >= 0.3 is 5.97 Å². The fourth-order valence-corrected chi connectivity index (χ4v) is 2.40. The molecule has 0 aromatic heterocycles. The second-order valence-corrected chi connectivity index (χ2v) is 4.34. The third kappa shape index (κ3) is 3.47. The fraction of sp³-hybridized carbons (Fsp3) is 0.500. The number of carbonyl (C=O) groups is 1. The van der Waals surface area contributed by atoms with Crippen LogP contribution >= 0.6 is 12.4 Å². The van der Waals surface area contributed by atoms with Crippen LogP contribution in [0.3, 0.4) is 0 Å². The van der Waals surface area contributed by atoms with Crippen molar-refractivity contribution >= 4 is 18.4 Å². The first-order valence-corrected chi connectivity index (χ1v) is 6.28. The number of esters is 1. The summed E-state index contributed by atoms with van der Waals surface area (Å²) in [5.41, 5.74) is 1.17. The summed E-state index contributed by atoms with van der Waals surface area (Å²) in [5, 5.41) is 3.42. The summed E-state index contributed by atoms with van der Waals surface area (Å²) in [6.45, 7) is 3.28. The fourth-order valence-electron chi connectivity index (χ4n) is 2.40. The molecular weight excluding hydrogens is 250 g/mol. The maximum atomic E-state index is 11.9. The van der Waals surface area contributed by atoms with Crippen molar-refractivity contribution in [1.82, 2.24) is 5.32 Å². The summed E-state index contributed by atoms with van der Waals surface area (Å²) in [5.74, 6) is -0.125. The van der Waals surface area contributed by atoms with E-state index in [4.69, 9.17) is 4.74 Å². The minimum atomic E-state index is -0.0754. The Hall–Kier alpha value is -1.06. The average Bonchev–Trinajstić information content (AvgIpc) is 2.40. The standard InChI is InChI=1S/C14H19NO2.ClH/c1-2-17-14(16)12-9-6-10-15-13(12)11-7-4-3-5-8-11;/h3-5,7-8,12-13,15H,2,6,9-10H2,1H3;1H. The zero-order valence-electron chi connectivity index (χ0n) is 10.6. The van der Waals surface area contributed by atoms with Crippen LogP contribution in [-0.4, -0.2) is 19.1 Å². The van der Waals surface area contributed by atoms with E-state index in [-0.39, 0.29) is 30.3 Å². The SMILES string of the molecule is CCOC(=O)C1CCCNC1c1ccccc1.Cl. The maximum Gasteiger partial charge on any atom is 0.310 e. The molecule has 2 atom stereocenters. The first-order chi connectivity index (χ1) is 8.33. The predicted molar refractivity (Wildman–Crippen MR) is 73.8 cm³/mol. The molecule has 1 saturated heterocycles. The Morgan fingerprint density at radius 3 is 2.78 bits per heavy atom. The van der Waals surface area contributed by atoms with E-state index >= 15 is 0 Å². The zero-order valence-corrected chi connectivity index (χ0v) is 11.4. The molecule has 1 aliphatic rings. The molecule has 0 aliphatic carbocycles. The molecule has 2 rings (SSSR count). The third-order valence-electron chi connectivity index (χ3n) is 3.21. The molecule has 1 heterocycles. The molecular formula is C14H20ClNO2. The summed E-state index contributed by atoms with van der Waals surface area (Å²) in [7, 11) is 0. The molecule has 18 heavy (non-hydrogen) atoms. The molecule has 4 heteroatoms. The normalized spacial score (nSPS) is 22.9. The van der Waals surface area contributed by atoms with E-state index in [1.807, 2.05) is 25.1 Å². The highest BCUT2D eigenvalue weighted by atomic mass is 35.5. The van der Waals surface area contributed by atoms with E-state index in [1.165, 1.54) is 5.56 Å². The Bertz CT molecular complexity index is 369. The van der Waals surface area contributed by atoms with E-state index in [0.29, 0.717) is 6.61 Å². The topological polar surface area (TPSA) is 38.3 Å². The molecule has 100 valence electrons. The monoisotopic (exact) mass is 269 g/mol. The van der Waals surface area contributed by atoms with Crippen molar-refractivity contribution < 1.29 is 9.53 Å². The smallest absolute Gasteiger partial charge is 0.310 e. The van der Waals surface area contributed by atoms with E-state index in [9.17, 15) is 4.79 Å². The van der Waals surface area contributed by atoms with Gasteiger partial charge in [0, 0.05) is 6.04 Å². The van der Waals surface area contributed by atoms with Gasteiger partial charge in [0.25, 0.3) is 0 Å². The Balaban J connectivity index is 0.00000162. The summed E-state index contributed by atoms with van der Waals surface area (Å²) in [6, 6.07) is 10.2. The minimum absolute atomic E-state index is 0. The molecule has 1 aliphatic heterocycles. The van der Waals surface area contributed by atoms with Crippen LogP contribution < -0.4 is 5.32 Å². The number of halogens is 1. The number of benzene rings is 1. The van der Waals surface area contributed by atoms with Crippen LogP contribution in [0.2, 0.25) is 0 Å². The van der Waals surface area contributed by atoms with Crippen molar-refractivity contribution in [2.75, 3.05) is 13.2 Å². The van der Waals surface area contributed by atoms with Gasteiger partial charge in [0.2, 0.25) is 0 Å². The van der Waals surface area contributed by atoms with Crippen LogP contribution in [-0.2, 0) is 9.53 Å². The van der Waals surface area contributed by atoms with E-state index < -0.39 is 0 Å². The van der Waals surface area contributed by atoms with Gasteiger partial charge in [-0.15, -0.1) is 12.4 Å². The van der Waals surface area contributed by atoms with Gasteiger partial charge < -0.3 is 10.1 Å². The number of hydrogen-bond donors (Lipinski definition) is 1.